The first kappa shape index (κ1) is 18.8. The number of aromatic nitrogens is 3. The van der Waals surface area contributed by atoms with Crippen LogP contribution in [0, 0.1) is 11.7 Å². The van der Waals surface area contributed by atoms with Gasteiger partial charge in [-0.25, -0.2) is 5.10 Å². The zero-order chi connectivity index (χ0) is 20.1. The maximum Gasteiger partial charge on any atom is 0.216 e. The maximum atomic E-state index is 6.00. The summed E-state index contributed by atoms with van der Waals surface area (Å²) in [4.78, 5) is 0. The number of nitrogens with zero attached hydrogens (tertiary/aromatic N) is 3. The lowest BCUT2D eigenvalue weighted by molar-refractivity contribution is 0.306. The molecule has 1 aromatic heterocycles. The van der Waals surface area contributed by atoms with Gasteiger partial charge in [0.2, 0.25) is 4.77 Å². The molecule has 0 aliphatic heterocycles. The molecule has 1 N–H and O–H groups in total. The molecule has 0 saturated carbocycles. The van der Waals surface area contributed by atoms with Crippen LogP contribution in [-0.4, -0.2) is 21.1 Å². The van der Waals surface area contributed by atoms with Crippen LogP contribution in [0.3, 0.4) is 0 Å². The number of ether oxygens (including phenoxy) is 1. The smallest absolute Gasteiger partial charge is 0.216 e. The van der Waals surface area contributed by atoms with Gasteiger partial charge in [0.05, 0.1) is 6.21 Å². The summed E-state index contributed by atoms with van der Waals surface area (Å²) in [6.07, 6.45) is 1.74. The lowest BCUT2D eigenvalue weighted by atomic mass is 10.1. The molecule has 3 aromatic carbocycles. The fourth-order valence-electron chi connectivity index (χ4n) is 2.86. The first-order valence-electron chi connectivity index (χ1n) is 9.25. The van der Waals surface area contributed by atoms with Gasteiger partial charge < -0.3 is 4.74 Å². The van der Waals surface area contributed by atoms with E-state index in [1.165, 1.54) is 5.56 Å². The van der Waals surface area contributed by atoms with Crippen molar-refractivity contribution in [3.05, 3.63) is 100 Å². The molecule has 1 heterocycles. The second kappa shape index (κ2) is 8.67. The summed E-state index contributed by atoms with van der Waals surface area (Å²) in [7, 11) is 0. The van der Waals surface area contributed by atoms with Gasteiger partial charge in [-0.3, -0.25) is 0 Å². The van der Waals surface area contributed by atoms with Crippen LogP contribution >= 0.6 is 12.2 Å². The van der Waals surface area contributed by atoms with Crippen LogP contribution in [0.5, 0.6) is 5.75 Å². The number of rotatable bonds is 6. The van der Waals surface area contributed by atoms with Gasteiger partial charge in [0.1, 0.15) is 12.4 Å². The Labute approximate surface area is 174 Å². The van der Waals surface area contributed by atoms with Gasteiger partial charge in [0, 0.05) is 11.1 Å². The Bertz CT molecular complexity index is 1180. The van der Waals surface area contributed by atoms with Crippen molar-refractivity contribution in [3.8, 4) is 17.1 Å². The van der Waals surface area contributed by atoms with Crippen LogP contribution in [0.1, 0.15) is 16.7 Å². The number of hydrogen-bond donors (Lipinski definition) is 1. The van der Waals surface area contributed by atoms with E-state index in [2.05, 4.69) is 15.3 Å². The lowest BCUT2D eigenvalue weighted by Gasteiger charge is -2.09. The molecule has 0 unspecified atom stereocenters. The molecule has 0 amide bonds. The van der Waals surface area contributed by atoms with E-state index in [-0.39, 0.29) is 0 Å². The number of para-hydroxylation sites is 1. The maximum absolute atomic E-state index is 6.00. The number of aryl methyl sites for hydroxylation is 1. The van der Waals surface area contributed by atoms with Gasteiger partial charge in [0.25, 0.3) is 0 Å². The van der Waals surface area contributed by atoms with Crippen molar-refractivity contribution in [3.63, 3.8) is 0 Å². The summed E-state index contributed by atoms with van der Waals surface area (Å²) >= 11 is 5.36. The highest BCUT2D eigenvalue weighted by atomic mass is 32.1. The number of nitrogens with one attached hydrogen (secondary N) is 1. The summed E-state index contributed by atoms with van der Waals surface area (Å²) in [5.41, 5.74) is 4.09. The molecule has 0 bridgehead atoms. The van der Waals surface area contributed by atoms with Crippen molar-refractivity contribution < 1.29 is 4.74 Å². The van der Waals surface area contributed by atoms with Crippen LogP contribution in [0.2, 0.25) is 0 Å². The van der Waals surface area contributed by atoms with Gasteiger partial charge in [-0.1, -0.05) is 72.3 Å². The van der Waals surface area contributed by atoms with E-state index in [1.54, 1.807) is 10.9 Å². The first-order chi connectivity index (χ1) is 14.2. The van der Waals surface area contributed by atoms with Gasteiger partial charge in [-0.15, -0.1) is 0 Å². The topological polar surface area (TPSA) is 55.2 Å². The molecule has 0 aliphatic rings. The molecular weight excluding hydrogens is 380 g/mol. The molecule has 0 saturated heterocycles. The average molecular weight is 401 g/mol. The Morgan fingerprint density at radius 2 is 1.72 bits per heavy atom. The fraction of sp³-hybridized carbons (Fsp3) is 0.0870. The fourth-order valence-corrected chi connectivity index (χ4v) is 3.04. The molecule has 0 atom stereocenters. The van der Waals surface area contributed by atoms with Crippen molar-refractivity contribution in [2.75, 3.05) is 0 Å². The van der Waals surface area contributed by atoms with Gasteiger partial charge in [-0.05, 0) is 36.8 Å². The molecule has 6 heteroatoms. The van der Waals surface area contributed by atoms with Crippen molar-refractivity contribution in [2.24, 2.45) is 5.10 Å². The third-order valence-electron chi connectivity index (χ3n) is 4.43. The molecule has 5 nitrogen and oxygen atoms in total. The van der Waals surface area contributed by atoms with E-state index in [1.807, 2.05) is 85.8 Å². The average Bonchev–Trinajstić information content (AvgIpc) is 3.13. The van der Waals surface area contributed by atoms with E-state index in [0.29, 0.717) is 17.2 Å². The van der Waals surface area contributed by atoms with Crippen molar-refractivity contribution in [1.82, 2.24) is 14.9 Å². The Morgan fingerprint density at radius 3 is 2.52 bits per heavy atom. The summed E-state index contributed by atoms with van der Waals surface area (Å²) < 4.78 is 8.05. The Kier molecular flexibility index (Phi) is 5.63. The highest BCUT2D eigenvalue weighted by Crippen LogP contribution is 2.20. The number of benzene rings is 3. The molecule has 0 fully saturated rings. The summed E-state index contributed by atoms with van der Waals surface area (Å²) in [5.74, 6) is 1.42. The third kappa shape index (κ3) is 4.50. The van der Waals surface area contributed by atoms with Gasteiger partial charge in [-0.2, -0.15) is 14.9 Å². The van der Waals surface area contributed by atoms with Crippen molar-refractivity contribution in [2.45, 2.75) is 13.5 Å². The first-order valence-corrected chi connectivity index (χ1v) is 9.66. The van der Waals surface area contributed by atoms with Crippen LogP contribution in [0.25, 0.3) is 11.4 Å². The normalized spacial score (nSPS) is 11.1. The van der Waals surface area contributed by atoms with E-state index >= 15 is 0 Å². The monoisotopic (exact) mass is 400 g/mol. The molecule has 29 heavy (non-hydrogen) atoms. The minimum absolute atomic E-state index is 0.430. The number of hydrogen-bond acceptors (Lipinski definition) is 4. The van der Waals surface area contributed by atoms with Crippen LogP contribution < -0.4 is 4.74 Å². The van der Waals surface area contributed by atoms with Gasteiger partial charge in [0.15, 0.2) is 5.82 Å². The second-order valence-electron chi connectivity index (χ2n) is 6.59. The van der Waals surface area contributed by atoms with Crippen LogP contribution in [0.15, 0.2) is 84.0 Å². The summed E-state index contributed by atoms with van der Waals surface area (Å²) in [6.45, 7) is 2.54. The zero-order valence-corrected chi connectivity index (χ0v) is 16.8. The summed E-state index contributed by atoms with van der Waals surface area (Å²) in [5, 5.41) is 11.7. The largest absolute Gasteiger partial charge is 0.488 e. The van der Waals surface area contributed by atoms with E-state index in [9.17, 15) is 0 Å². The highest BCUT2D eigenvalue weighted by Gasteiger charge is 2.08. The Morgan fingerprint density at radius 1 is 1.00 bits per heavy atom. The third-order valence-corrected chi connectivity index (χ3v) is 4.69. The van der Waals surface area contributed by atoms with E-state index in [4.69, 9.17) is 17.0 Å². The van der Waals surface area contributed by atoms with Crippen LogP contribution in [-0.2, 0) is 6.61 Å². The standard InChI is InChI=1S/C23H20N4OS/c1-17-11-13-19(14-12-17)22-25-26-23(29)27(22)24-15-20-9-5-6-10-21(20)28-16-18-7-3-2-4-8-18/h2-15H,16H2,1H3,(H,26,29)/b24-15+. The molecule has 0 spiro atoms. The summed E-state index contributed by atoms with van der Waals surface area (Å²) in [6, 6.07) is 25.9. The molecule has 4 aromatic rings. The minimum atomic E-state index is 0.430. The van der Waals surface area contributed by atoms with Gasteiger partial charge >= 0.3 is 0 Å². The predicted molar refractivity (Wildman–Crippen MR) is 118 cm³/mol. The Balaban J connectivity index is 1.60. The second-order valence-corrected chi connectivity index (χ2v) is 6.97. The molecule has 4 rings (SSSR count). The molecule has 0 aliphatic carbocycles. The number of H-pyrrole nitrogens is 1. The van der Waals surface area contributed by atoms with E-state index < -0.39 is 0 Å². The lowest BCUT2D eigenvalue weighted by Crippen LogP contribution is -1.99. The SMILES string of the molecule is Cc1ccc(-c2n[nH]c(=S)n2/N=C/c2ccccc2OCc2ccccc2)cc1. The minimum Gasteiger partial charge on any atom is -0.488 e. The van der Waals surface area contributed by atoms with Crippen molar-refractivity contribution in [1.29, 1.82) is 0 Å². The predicted octanol–water partition coefficient (Wildman–Crippen LogP) is 5.38. The quantitative estimate of drug-likeness (QED) is 0.349. The number of aromatic amines is 1. The van der Waals surface area contributed by atoms with Crippen molar-refractivity contribution >= 4 is 18.4 Å². The van der Waals surface area contributed by atoms with Crippen LogP contribution in [0.4, 0.5) is 0 Å². The Hall–Kier alpha value is -3.51. The zero-order valence-electron chi connectivity index (χ0n) is 15.9. The molecule has 0 radical (unpaired) electrons. The highest BCUT2D eigenvalue weighted by molar-refractivity contribution is 7.71. The molecular formula is C23H20N4OS. The molecule has 144 valence electrons. The van der Waals surface area contributed by atoms with E-state index in [0.717, 1.165) is 22.4 Å².